The molecule has 4 atom stereocenters. The molecule has 0 aromatic rings. The van der Waals surface area contributed by atoms with Crippen LogP contribution < -0.4 is 5.32 Å². The molecule has 184 valence electrons. The Morgan fingerprint density at radius 3 is 2.25 bits per heavy atom. The van der Waals surface area contributed by atoms with Crippen molar-refractivity contribution < 1.29 is 19.5 Å². The van der Waals surface area contributed by atoms with E-state index in [9.17, 15) is 19.5 Å². The standard InChI is InChI=1S/C25H45N3O4/c1-10-17(4)20(15-18(5)24(31)32)27(9)23(30)21(25(6,7)8)26-22(29)19-13-11-12-14-28(19)16(2)3/h15-17,19-21H,10-14H2,1-9H3,(H,26,29)(H,31,32)/t17-,19+,20+,21+/m0/s1. The predicted molar refractivity (Wildman–Crippen MR) is 128 cm³/mol. The highest BCUT2D eigenvalue weighted by Gasteiger charge is 2.40. The van der Waals surface area contributed by atoms with Crippen LogP contribution in [-0.2, 0) is 14.4 Å². The molecule has 0 aliphatic carbocycles. The molecule has 0 radical (unpaired) electrons. The molecule has 2 N–H and O–H groups in total. The van der Waals surface area contributed by atoms with Crippen LogP contribution in [0, 0.1) is 11.3 Å². The molecular formula is C25H45N3O4. The summed E-state index contributed by atoms with van der Waals surface area (Å²) in [5, 5.41) is 12.4. The van der Waals surface area contributed by atoms with E-state index in [1.54, 1.807) is 24.9 Å². The number of carboxylic acid groups (broad SMARTS) is 1. The number of amides is 2. The van der Waals surface area contributed by atoms with Gasteiger partial charge in [0.2, 0.25) is 11.8 Å². The number of likely N-dealkylation sites (tertiary alicyclic amines) is 1. The van der Waals surface area contributed by atoms with Gasteiger partial charge < -0.3 is 15.3 Å². The van der Waals surface area contributed by atoms with Gasteiger partial charge in [0, 0.05) is 18.7 Å². The minimum Gasteiger partial charge on any atom is -0.478 e. The maximum absolute atomic E-state index is 13.7. The lowest BCUT2D eigenvalue weighted by atomic mass is 9.84. The molecule has 0 aromatic carbocycles. The number of hydrogen-bond donors (Lipinski definition) is 2. The summed E-state index contributed by atoms with van der Waals surface area (Å²) in [6.45, 7) is 16.5. The number of nitrogens with one attached hydrogen (secondary N) is 1. The first-order valence-corrected chi connectivity index (χ1v) is 12.0. The summed E-state index contributed by atoms with van der Waals surface area (Å²) in [7, 11) is 1.71. The summed E-state index contributed by atoms with van der Waals surface area (Å²) < 4.78 is 0. The molecule has 32 heavy (non-hydrogen) atoms. The molecule has 1 heterocycles. The number of nitrogens with zero attached hydrogens (tertiary/aromatic N) is 2. The van der Waals surface area contributed by atoms with Crippen molar-refractivity contribution >= 4 is 17.8 Å². The van der Waals surface area contributed by atoms with E-state index in [2.05, 4.69) is 24.1 Å². The highest BCUT2D eigenvalue weighted by Crippen LogP contribution is 2.26. The first-order valence-electron chi connectivity index (χ1n) is 12.0. The van der Waals surface area contributed by atoms with Crippen LogP contribution in [-0.4, -0.2) is 70.4 Å². The zero-order valence-corrected chi connectivity index (χ0v) is 21.6. The van der Waals surface area contributed by atoms with Gasteiger partial charge in [-0.3, -0.25) is 14.5 Å². The van der Waals surface area contributed by atoms with Crippen molar-refractivity contribution in [2.24, 2.45) is 11.3 Å². The van der Waals surface area contributed by atoms with E-state index in [0.717, 1.165) is 32.2 Å². The Morgan fingerprint density at radius 2 is 1.78 bits per heavy atom. The highest BCUT2D eigenvalue weighted by atomic mass is 16.4. The SMILES string of the molecule is CC[C@H](C)[C@@H](C=C(C)C(=O)O)N(C)C(=O)[C@@H](NC(=O)[C@H]1CCCCN1C(C)C)C(C)(C)C. The van der Waals surface area contributed by atoms with E-state index in [4.69, 9.17) is 0 Å². The van der Waals surface area contributed by atoms with Crippen molar-refractivity contribution in [3.05, 3.63) is 11.6 Å². The summed E-state index contributed by atoms with van der Waals surface area (Å²) >= 11 is 0. The second kappa shape index (κ2) is 11.8. The van der Waals surface area contributed by atoms with Gasteiger partial charge in [-0.2, -0.15) is 0 Å². The number of rotatable bonds is 9. The van der Waals surface area contributed by atoms with Gasteiger partial charge in [-0.05, 0) is 51.5 Å². The zero-order chi connectivity index (χ0) is 24.8. The molecule has 1 rings (SSSR count). The predicted octanol–water partition coefficient (Wildman–Crippen LogP) is 3.68. The van der Waals surface area contributed by atoms with Crippen LogP contribution in [0.2, 0.25) is 0 Å². The van der Waals surface area contributed by atoms with Gasteiger partial charge in [-0.15, -0.1) is 0 Å². The molecule has 1 aliphatic heterocycles. The minimum atomic E-state index is -0.995. The Hall–Kier alpha value is -1.89. The fraction of sp³-hybridized carbons (Fsp3) is 0.800. The van der Waals surface area contributed by atoms with Gasteiger partial charge in [0.05, 0.1) is 12.1 Å². The summed E-state index contributed by atoms with van der Waals surface area (Å²) in [6, 6.07) is -1.05. The molecule has 0 spiro atoms. The maximum atomic E-state index is 13.7. The second-order valence-corrected chi connectivity index (χ2v) is 10.6. The molecule has 0 aromatic heterocycles. The second-order valence-electron chi connectivity index (χ2n) is 10.6. The summed E-state index contributed by atoms with van der Waals surface area (Å²) in [5.74, 6) is -1.22. The van der Waals surface area contributed by atoms with Crippen molar-refractivity contribution in [1.29, 1.82) is 0 Å². The number of hydrogen-bond acceptors (Lipinski definition) is 4. The van der Waals surface area contributed by atoms with Crippen LogP contribution in [0.4, 0.5) is 0 Å². The van der Waals surface area contributed by atoms with Crippen molar-refractivity contribution in [3.8, 4) is 0 Å². The maximum Gasteiger partial charge on any atom is 0.331 e. The fourth-order valence-corrected chi connectivity index (χ4v) is 4.32. The number of carbonyl (C=O) groups excluding carboxylic acids is 2. The van der Waals surface area contributed by atoms with Crippen LogP contribution in [0.3, 0.4) is 0 Å². The molecule has 2 amide bonds. The minimum absolute atomic E-state index is 0.0735. The van der Waals surface area contributed by atoms with Crippen LogP contribution in [0.15, 0.2) is 11.6 Å². The first kappa shape index (κ1) is 28.1. The third kappa shape index (κ3) is 7.32. The van der Waals surface area contributed by atoms with Crippen LogP contribution in [0.5, 0.6) is 0 Å². The van der Waals surface area contributed by atoms with Crippen LogP contribution >= 0.6 is 0 Å². The van der Waals surface area contributed by atoms with E-state index in [1.807, 2.05) is 34.6 Å². The molecule has 0 bridgehead atoms. The van der Waals surface area contributed by atoms with E-state index in [-0.39, 0.29) is 41.4 Å². The molecule has 1 saturated heterocycles. The van der Waals surface area contributed by atoms with Crippen LogP contribution in [0.25, 0.3) is 0 Å². The Labute approximate surface area is 194 Å². The molecule has 0 saturated carbocycles. The van der Waals surface area contributed by atoms with E-state index >= 15 is 0 Å². The molecule has 1 fully saturated rings. The van der Waals surface area contributed by atoms with Gasteiger partial charge in [0.25, 0.3) is 0 Å². The number of aliphatic carboxylic acids is 1. The quantitative estimate of drug-likeness (QED) is 0.522. The topological polar surface area (TPSA) is 90.0 Å². The fourth-order valence-electron chi connectivity index (χ4n) is 4.32. The van der Waals surface area contributed by atoms with Gasteiger partial charge in [0.1, 0.15) is 6.04 Å². The largest absolute Gasteiger partial charge is 0.478 e. The van der Waals surface area contributed by atoms with Crippen molar-refractivity contribution in [2.75, 3.05) is 13.6 Å². The third-order valence-corrected chi connectivity index (χ3v) is 6.69. The van der Waals surface area contributed by atoms with E-state index < -0.39 is 17.4 Å². The lowest BCUT2D eigenvalue weighted by Crippen LogP contribution is -2.60. The first-order chi connectivity index (χ1) is 14.7. The Morgan fingerprint density at radius 1 is 1.19 bits per heavy atom. The Bertz CT molecular complexity index is 696. The zero-order valence-electron chi connectivity index (χ0n) is 21.6. The lowest BCUT2D eigenvalue weighted by Gasteiger charge is -2.41. The number of carboxylic acids is 1. The lowest BCUT2D eigenvalue weighted by molar-refractivity contribution is -0.142. The van der Waals surface area contributed by atoms with Gasteiger partial charge in [-0.1, -0.05) is 53.5 Å². The normalized spacial score (nSPS) is 21.1. The summed E-state index contributed by atoms with van der Waals surface area (Å²) in [6.07, 6.45) is 5.32. The van der Waals surface area contributed by atoms with Crippen molar-refractivity contribution in [2.45, 2.75) is 105 Å². The molecule has 7 nitrogen and oxygen atoms in total. The van der Waals surface area contributed by atoms with Crippen molar-refractivity contribution in [3.63, 3.8) is 0 Å². The molecule has 1 aliphatic rings. The van der Waals surface area contributed by atoms with E-state index in [1.165, 1.54) is 0 Å². The van der Waals surface area contributed by atoms with E-state index in [0.29, 0.717) is 0 Å². The van der Waals surface area contributed by atoms with Crippen molar-refractivity contribution in [1.82, 2.24) is 15.1 Å². The molecule has 0 unspecified atom stereocenters. The third-order valence-electron chi connectivity index (χ3n) is 6.69. The average Bonchev–Trinajstić information content (AvgIpc) is 2.72. The highest BCUT2D eigenvalue weighted by molar-refractivity contribution is 5.91. The molecule has 7 heteroatoms. The smallest absolute Gasteiger partial charge is 0.331 e. The van der Waals surface area contributed by atoms with Gasteiger partial charge in [0.15, 0.2) is 0 Å². The average molecular weight is 452 g/mol. The Kier molecular flexibility index (Phi) is 10.4. The van der Waals surface area contributed by atoms with Gasteiger partial charge in [-0.25, -0.2) is 4.79 Å². The number of carbonyl (C=O) groups is 3. The summed E-state index contributed by atoms with van der Waals surface area (Å²) in [5.41, 5.74) is -0.287. The summed E-state index contributed by atoms with van der Waals surface area (Å²) in [4.78, 5) is 42.2. The Balaban J connectivity index is 3.19. The number of likely N-dealkylation sites (N-methyl/N-ethyl adjacent to an activating group) is 1. The van der Waals surface area contributed by atoms with Gasteiger partial charge >= 0.3 is 5.97 Å². The molecular weight excluding hydrogens is 406 g/mol. The van der Waals surface area contributed by atoms with Crippen LogP contribution in [0.1, 0.15) is 81.1 Å². The monoisotopic (exact) mass is 451 g/mol. The number of piperidine rings is 1.